The van der Waals surface area contributed by atoms with Crippen molar-refractivity contribution in [2.75, 3.05) is 6.54 Å². The molecule has 4 rings (SSSR count). The number of hydrogen-bond donors (Lipinski definition) is 2. The van der Waals surface area contributed by atoms with Gasteiger partial charge in [-0.1, -0.05) is 24.0 Å². The third-order valence-corrected chi connectivity index (χ3v) is 8.39. The van der Waals surface area contributed by atoms with E-state index in [1.54, 1.807) is 0 Å². The molecule has 2 heterocycles. The molecule has 1 aromatic carbocycles. The Balaban J connectivity index is 1.48. The molecule has 2 N–H and O–H groups in total. The second kappa shape index (κ2) is 10.9. The fourth-order valence-corrected chi connectivity index (χ4v) is 6.39. The van der Waals surface area contributed by atoms with Crippen LogP contribution in [0, 0.1) is 5.92 Å². The fourth-order valence-electron chi connectivity index (χ4n) is 4.22. The Morgan fingerprint density at radius 3 is 2.26 bits per heavy atom. The van der Waals surface area contributed by atoms with Crippen LogP contribution in [0.25, 0.3) is 17.2 Å². The molecule has 15 heteroatoms. The standard InChI is InChI=1S/C24H18F6N2O4S3/c25-23(26,27)14-3-12(4-15(7-14)24(28,29)30)13-6-17(38-10-13)8-18-20(34)32(22(37)39-18)9-19(33)31-16-2-1-11(5-16)21(35)36/h3-4,6-8,10-11,16H,1-2,5,9H2,(H,31,33)(H,35,36)/t11-,16+/m1/s1. The van der Waals surface area contributed by atoms with Gasteiger partial charge in [0.2, 0.25) is 5.91 Å². The molecule has 39 heavy (non-hydrogen) atoms. The van der Waals surface area contributed by atoms with Crippen LogP contribution < -0.4 is 5.32 Å². The van der Waals surface area contributed by atoms with E-state index in [2.05, 4.69) is 5.32 Å². The predicted octanol–water partition coefficient (Wildman–Crippen LogP) is 6.02. The van der Waals surface area contributed by atoms with Crippen molar-refractivity contribution in [1.29, 1.82) is 0 Å². The maximum absolute atomic E-state index is 13.2. The highest BCUT2D eigenvalue weighted by molar-refractivity contribution is 8.26. The number of nitrogens with zero attached hydrogens (tertiary/aromatic N) is 1. The number of hydrogen-bond acceptors (Lipinski definition) is 6. The number of carboxylic acid groups (broad SMARTS) is 1. The van der Waals surface area contributed by atoms with Crippen molar-refractivity contribution in [2.45, 2.75) is 37.7 Å². The molecule has 0 unspecified atom stereocenters. The third-order valence-electron chi connectivity index (χ3n) is 6.14. The van der Waals surface area contributed by atoms with Crippen LogP contribution in [0.3, 0.4) is 0 Å². The number of rotatable bonds is 6. The van der Waals surface area contributed by atoms with E-state index in [-0.39, 0.29) is 45.4 Å². The molecule has 1 saturated heterocycles. The fraction of sp³-hybridized carbons (Fsp3) is 0.333. The number of amides is 2. The number of thiocarbonyl (C=S) groups is 1. The van der Waals surface area contributed by atoms with Crippen molar-refractivity contribution in [3.8, 4) is 11.1 Å². The van der Waals surface area contributed by atoms with Gasteiger partial charge in [0.25, 0.3) is 5.91 Å². The van der Waals surface area contributed by atoms with Crippen LogP contribution in [0.15, 0.2) is 34.6 Å². The minimum Gasteiger partial charge on any atom is -0.481 e. The maximum atomic E-state index is 13.2. The van der Waals surface area contributed by atoms with Crippen molar-refractivity contribution < 1.29 is 45.8 Å². The lowest BCUT2D eigenvalue weighted by molar-refractivity contribution is -0.143. The van der Waals surface area contributed by atoms with Gasteiger partial charge >= 0.3 is 18.3 Å². The molecule has 1 aliphatic heterocycles. The summed E-state index contributed by atoms with van der Waals surface area (Å²) < 4.78 is 79.4. The summed E-state index contributed by atoms with van der Waals surface area (Å²) in [7, 11) is 0. The Bertz CT molecular complexity index is 1340. The monoisotopic (exact) mass is 608 g/mol. The number of carboxylic acids is 1. The highest BCUT2D eigenvalue weighted by atomic mass is 32.2. The van der Waals surface area contributed by atoms with Crippen LogP contribution in [0.4, 0.5) is 26.3 Å². The molecule has 1 aromatic heterocycles. The van der Waals surface area contributed by atoms with Gasteiger partial charge in [0.1, 0.15) is 10.9 Å². The molecule has 208 valence electrons. The van der Waals surface area contributed by atoms with E-state index in [0.717, 1.165) is 28.0 Å². The van der Waals surface area contributed by atoms with E-state index in [4.69, 9.17) is 17.3 Å². The van der Waals surface area contributed by atoms with Crippen LogP contribution in [0.1, 0.15) is 35.3 Å². The third kappa shape index (κ3) is 6.81. The second-order valence-electron chi connectivity index (χ2n) is 8.91. The Kier molecular flexibility index (Phi) is 8.15. The molecule has 2 amide bonds. The molecule has 2 atom stereocenters. The zero-order chi connectivity index (χ0) is 28.7. The lowest BCUT2D eigenvalue weighted by Crippen LogP contribution is -2.42. The Morgan fingerprint density at radius 2 is 1.69 bits per heavy atom. The van der Waals surface area contributed by atoms with Gasteiger partial charge in [0.05, 0.1) is 21.9 Å². The van der Waals surface area contributed by atoms with Gasteiger partial charge in [0, 0.05) is 10.9 Å². The molecule has 0 spiro atoms. The topological polar surface area (TPSA) is 86.7 Å². The first-order valence-electron chi connectivity index (χ1n) is 11.3. The van der Waals surface area contributed by atoms with E-state index in [1.165, 1.54) is 17.5 Å². The number of thiophene rings is 1. The first-order chi connectivity index (χ1) is 18.1. The van der Waals surface area contributed by atoms with E-state index >= 15 is 0 Å². The SMILES string of the molecule is O=C(CN1C(=O)C(=Cc2cc(-c3cc(C(F)(F)F)cc(C(F)(F)F)c3)cs2)SC1=S)N[C@H]1CC[C@@H](C(=O)O)C1. The molecule has 6 nitrogen and oxygen atoms in total. The molecule has 2 fully saturated rings. The average Bonchev–Trinajstić information content (AvgIpc) is 3.55. The largest absolute Gasteiger partial charge is 0.481 e. The molecule has 1 saturated carbocycles. The lowest BCUT2D eigenvalue weighted by atomic mass is 10.0. The minimum atomic E-state index is -4.98. The van der Waals surface area contributed by atoms with Gasteiger partial charge < -0.3 is 10.4 Å². The first kappa shape index (κ1) is 29.1. The highest BCUT2D eigenvalue weighted by Gasteiger charge is 2.38. The van der Waals surface area contributed by atoms with Gasteiger partial charge in [0.15, 0.2) is 0 Å². The Morgan fingerprint density at radius 1 is 1.05 bits per heavy atom. The van der Waals surface area contributed by atoms with Crippen LogP contribution in [-0.4, -0.2) is 44.7 Å². The molecule has 2 aromatic rings. The van der Waals surface area contributed by atoms with Gasteiger partial charge in [-0.25, -0.2) is 0 Å². The number of halogens is 6. The second-order valence-corrected chi connectivity index (χ2v) is 11.5. The van der Waals surface area contributed by atoms with Crippen molar-refractivity contribution >= 4 is 63.5 Å². The molecular weight excluding hydrogens is 590 g/mol. The van der Waals surface area contributed by atoms with Crippen molar-refractivity contribution in [2.24, 2.45) is 5.92 Å². The molecule has 2 aliphatic rings. The number of thioether (sulfide) groups is 1. The zero-order valence-corrected chi connectivity index (χ0v) is 22.0. The van der Waals surface area contributed by atoms with Gasteiger partial charge in [-0.2, -0.15) is 26.3 Å². The number of nitrogens with one attached hydrogen (secondary N) is 1. The summed E-state index contributed by atoms with van der Waals surface area (Å²) in [6.07, 6.45) is -7.34. The number of alkyl halides is 6. The van der Waals surface area contributed by atoms with E-state index in [0.29, 0.717) is 29.9 Å². The summed E-state index contributed by atoms with van der Waals surface area (Å²) in [6, 6.07) is 2.34. The van der Waals surface area contributed by atoms with Gasteiger partial charge in [-0.15, -0.1) is 11.3 Å². The number of carbonyl (C=O) groups is 3. The zero-order valence-electron chi connectivity index (χ0n) is 19.6. The minimum absolute atomic E-state index is 0.0511. The van der Waals surface area contributed by atoms with Gasteiger partial charge in [-0.3, -0.25) is 19.3 Å². The van der Waals surface area contributed by atoms with E-state index in [1.807, 2.05) is 0 Å². The van der Waals surface area contributed by atoms with Crippen molar-refractivity contribution in [1.82, 2.24) is 10.2 Å². The summed E-state index contributed by atoms with van der Waals surface area (Å²) in [6.45, 7) is -0.379. The Labute approximate surface area is 231 Å². The van der Waals surface area contributed by atoms with E-state index < -0.39 is 47.2 Å². The highest BCUT2D eigenvalue weighted by Crippen LogP contribution is 2.40. The molecule has 1 aliphatic carbocycles. The summed E-state index contributed by atoms with van der Waals surface area (Å²) in [5.41, 5.74) is -3.05. The van der Waals surface area contributed by atoms with Crippen LogP contribution in [-0.2, 0) is 26.7 Å². The Hall–Kier alpha value is -2.91. The number of carbonyl (C=O) groups excluding carboxylic acids is 2. The summed E-state index contributed by atoms with van der Waals surface area (Å²) in [5, 5.41) is 13.2. The molecule has 0 bridgehead atoms. The van der Waals surface area contributed by atoms with Crippen LogP contribution >= 0.6 is 35.3 Å². The van der Waals surface area contributed by atoms with Gasteiger partial charge in [-0.05, 0) is 66.1 Å². The van der Waals surface area contributed by atoms with Crippen molar-refractivity contribution in [3.05, 3.63) is 50.6 Å². The number of benzene rings is 1. The maximum Gasteiger partial charge on any atom is 0.416 e. The predicted molar refractivity (Wildman–Crippen MR) is 137 cm³/mol. The summed E-state index contributed by atoms with van der Waals surface area (Å²) >= 11 is 7.11. The lowest BCUT2D eigenvalue weighted by Gasteiger charge is -2.17. The normalized spacial score (nSPS) is 21.2. The van der Waals surface area contributed by atoms with E-state index in [9.17, 15) is 40.7 Å². The smallest absolute Gasteiger partial charge is 0.416 e. The number of aliphatic carboxylic acids is 1. The quantitative estimate of drug-likeness (QED) is 0.237. The molecular formula is C24H18F6N2O4S3. The summed E-state index contributed by atoms with van der Waals surface area (Å²) in [4.78, 5) is 38.0. The van der Waals surface area contributed by atoms with Crippen molar-refractivity contribution in [3.63, 3.8) is 0 Å². The first-order valence-corrected chi connectivity index (χ1v) is 13.4. The molecule has 0 radical (unpaired) electrons. The average molecular weight is 609 g/mol. The van der Waals surface area contributed by atoms with Crippen LogP contribution in [0.2, 0.25) is 0 Å². The summed E-state index contributed by atoms with van der Waals surface area (Å²) in [5.74, 6) is -2.56. The van der Waals surface area contributed by atoms with Crippen LogP contribution in [0.5, 0.6) is 0 Å².